The molecule has 0 radical (unpaired) electrons. The van der Waals surface area contributed by atoms with Crippen molar-refractivity contribution in [2.24, 2.45) is 0 Å². The SMILES string of the molecule is CN1CCN(CCCNC(=O)CCc2ccc(C(C)(C)C)cc2)CC1. The first-order chi connectivity index (χ1) is 11.8. The van der Waals surface area contributed by atoms with E-state index in [1.807, 2.05) is 0 Å². The summed E-state index contributed by atoms with van der Waals surface area (Å²) in [5.74, 6) is 0.165. The third-order valence-electron chi connectivity index (χ3n) is 5.03. The fourth-order valence-electron chi connectivity index (χ4n) is 3.12. The van der Waals surface area contributed by atoms with Crippen molar-refractivity contribution in [1.82, 2.24) is 15.1 Å². The minimum absolute atomic E-state index is 0.165. The van der Waals surface area contributed by atoms with Gasteiger partial charge in [-0.3, -0.25) is 4.79 Å². The monoisotopic (exact) mass is 345 g/mol. The summed E-state index contributed by atoms with van der Waals surface area (Å²) in [6.45, 7) is 13.1. The largest absolute Gasteiger partial charge is 0.356 e. The Bertz CT molecular complexity index is 525. The van der Waals surface area contributed by atoms with Gasteiger partial charge >= 0.3 is 0 Å². The molecule has 2 rings (SSSR count). The van der Waals surface area contributed by atoms with Crippen LogP contribution in [0, 0.1) is 0 Å². The molecule has 0 aliphatic carbocycles. The first kappa shape index (κ1) is 19.9. The maximum absolute atomic E-state index is 12.0. The first-order valence-corrected chi connectivity index (χ1v) is 9.61. The van der Waals surface area contributed by atoms with Crippen molar-refractivity contribution >= 4 is 5.91 Å². The van der Waals surface area contributed by atoms with E-state index in [1.54, 1.807) is 0 Å². The maximum atomic E-state index is 12.0. The fraction of sp³-hybridized carbons (Fsp3) is 0.667. The number of rotatable bonds is 7. The van der Waals surface area contributed by atoms with Crippen molar-refractivity contribution in [3.05, 3.63) is 35.4 Å². The quantitative estimate of drug-likeness (QED) is 0.772. The van der Waals surface area contributed by atoms with Gasteiger partial charge in [0.1, 0.15) is 0 Å². The summed E-state index contributed by atoms with van der Waals surface area (Å²) in [4.78, 5) is 16.9. The van der Waals surface area contributed by atoms with Crippen LogP contribution in [0.25, 0.3) is 0 Å². The van der Waals surface area contributed by atoms with Crippen molar-refractivity contribution in [3.8, 4) is 0 Å². The van der Waals surface area contributed by atoms with E-state index in [0.717, 1.165) is 52.1 Å². The number of likely N-dealkylation sites (N-methyl/N-ethyl adjacent to an activating group) is 1. The molecule has 0 bridgehead atoms. The van der Waals surface area contributed by atoms with Crippen LogP contribution in [0.15, 0.2) is 24.3 Å². The van der Waals surface area contributed by atoms with Crippen molar-refractivity contribution in [2.45, 2.75) is 45.4 Å². The van der Waals surface area contributed by atoms with Gasteiger partial charge in [0.2, 0.25) is 5.91 Å². The zero-order valence-corrected chi connectivity index (χ0v) is 16.5. The number of carbonyl (C=O) groups is 1. The molecule has 1 fully saturated rings. The van der Waals surface area contributed by atoms with Crippen LogP contribution < -0.4 is 5.32 Å². The Kier molecular flexibility index (Phi) is 7.45. The lowest BCUT2D eigenvalue weighted by atomic mass is 9.86. The van der Waals surface area contributed by atoms with Gasteiger partial charge < -0.3 is 15.1 Å². The molecule has 0 atom stereocenters. The second kappa shape index (κ2) is 9.35. The van der Waals surface area contributed by atoms with Crippen molar-refractivity contribution in [2.75, 3.05) is 46.3 Å². The topological polar surface area (TPSA) is 35.6 Å². The van der Waals surface area contributed by atoms with Crippen LogP contribution in [0.3, 0.4) is 0 Å². The summed E-state index contributed by atoms with van der Waals surface area (Å²) in [6, 6.07) is 8.68. The van der Waals surface area contributed by atoms with Crippen LogP contribution in [-0.4, -0.2) is 62.0 Å². The highest BCUT2D eigenvalue weighted by molar-refractivity contribution is 5.76. The van der Waals surface area contributed by atoms with Crippen LogP contribution in [0.2, 0.25) is 0 Å². The number of hydrogen-bond donors (Lipinski definition) is 1. The second-order valence-electron chi connectivity index (χ2n) is 8.30. The van der Waals surface area contributed by atoms with Gasteiger partial charge in [0.25, 0.3) is 0 Å². The molecule has 1 amide bonds. The molecule has 1 aliphatic heterocycles. The Labute approximate surface area is 153 Å². The average molecular weight is 346 g/mol. The van der Waals surface area contributed by atoms with E-state index >= 15 is 0 Å². The summed E-state index contributed by atoms with van der Waals surface area (Å²) in [5, 5.41) is 3.06. The summed E-state index contributed by atoms with van der Waals surface area (Å²) >= 11 is 0. The summed E-state index contributed by atoms with van der Waals surface area (Å²) in [7, 11) is 2.17. The van der Waals surface area contributed by atoms with Gasteiger partial charge in [0.15, 0.2) is 0 Å². The summed E-state index contributed by atoms with van der Waals surface area (Å²) < 4.78 is 0. The minimum atomic E-state index is 0.165. The third kappa shape index (κ3) is 7.17. The zero-order valence-electron chi connectivity index (χ0n) is 16.5. The average Bonchev–Trinajstić information content (AvgIpc) is 2.58. The highest BCUT2D eigenvalue weighted by atomic mass is 16.1. The van der Waals surface area contributed by atoms with Gasteiger partial charge in [0, 0.05) is 39.1 Å². The molecule has 4 heteroatoms. The molecule has 1 N–H and O–H groups in total. The van der Waals surface area contributed by atoms with Gasteiger partial charge in [-0.25, -0.2) is 0 Å². The molecule has 1 aromatic rings. The van der Waals surface area contributed by atoms with Gasteiger partial charge in [-0.2, -0.15) is 0 Å². The number of amides is 1. The Hall–Kier alpha value is -1.39. The molecule has 1 heterocycles. The molecule has 0 spiro atoms. The smallest absolute Gasteiger partial charge is 0.220 e. The van der Waals surface area contributed by atoms with E-state index in [4.69, 9.17) is 0 Å². The molecule has 1 aromatic carbocycles. The van der Waals surface area contributed by atoms with E-state index < -0.39 is 0 Å². The van der Waals surface area contributed by atoms with Gasteiger partial charge in [0.05, 0.1) is 0 Å². The summed E-state index contributed by atoms with van der Waals surface area (Å²) in [6.07, 6.45) is 2.42. The lowest BCUT2D eigenvalue weighted by Crippen LogP contribution is -2.45. The molecule has 4 nitrogen and oxygen atoms in total. The summed E-state index contributed by atoms with van der Waals surface area (Å²) in [5.41, 5.74) is 2.75. The molecule has 1 aliphatic rings. The van der Waals surface area contributed by atoms with Crippen LogP contribution in [0.4, 0.5) is 0 Å². The Morgan fingerprint density at radius 2 is 1.72 bits per heavy atom. The van der Waals surface area contributed by atoms with E-state index in [0.29, 0.717) is 6.42 Å². The second-order valence-corrected chi connectivity index (χ2v) is 8.30. The zero-order chi connectivity index (χ0) is 18.3. The predicted octanol–water partition coefficient (Wildman–Crippen LogP) is 2.67. The Morgan fingerprint density at radius 1 is 1.08 bits per heavy atom. The van der Waals surface area contributed by atoms with Crippen molar-refractivity contribution < 1.29 is 4.79 Å². The fourth-order valence-corrected chi connectivity index (χ4v) is 3.12. The maximum Gasteiger partial charge on any atom is 0.220 e. The van der Waals surface area contributed by atoms with Crippen LogP contribution in [-0.2, 0) is 16.6 Å². The molecule has 140 valence electrons. The number of piperazine rings is 1. The molecular weight excluding hydrogens is 310 g/mol. The number of nitrogens with one attached hydrogen (secondary N) is 1. The normalized spacial score (nSPS) is 16.8. The molecule has 0 unspecified atom stereocenters. The van der Waals surface area contributed by atoms with Crippen molar-refractivity contribution in [1.29, 1.82) is 0 Å². The number of benzene rings is 1. The number of carbonyl (C=O) groups excluding carboxylic acids is 1. The van der Waals surface area contributed by atoms with Crippen LogP contribution in [0.5, 0.6) is 0 Å². The van der Waals surface area contributed by atoms with Gasteiger partial charge in [-0.1, -0.05) is 45.0 Å². The Morgan fingerprint density at radius 3 is 2.32 bits per heavy atom. The standard InChI is InChI=1S/C21H35N3O/c1-21(2,3)19-9-6-18(7-10-19)8-11-20(25)22-12-5-13-24-16-14-23(4)15-17-24/h6-7,9-10H,5,8,11-17H2,1-4H3,(H,22,25). The molecule has 0 saturated carbocycles. The first-order valence-electron chi connectivity index (χ1n) is 9.61. The van der Waals surface area contributed by atoms with E-state index in [2.05, 4.69) is 67.2 Å². The van der Waals surface area contributed by atoms with E-state index in [-0.39, 0.29) is 11.3 Å². The molecule has 1 saturated heterocycles. The molecule has 25 heavy (non-hydrogen) atoms. The highest BCUT2D eigenvalue weighted by Crippen LogP contribution is 2.22. The Balaban J connectivity index is 1.59. The lowest BCUT2D eigenvalue weighted by molar-refractivity contribution is -0.121. The minimum Gasteiger partial charge on any atom is -0.356 e. The number of hydrogen-bond acceptors (Lipinski definition) is 3. The van der Waals surface area contributed by atoms with Crippen molar-refractivity contribution in [3.63, 3.8) is 0 Å². The predicted molar refractivity (Wildman–Crippen MR) is 105 cm³/mol. The van der Waals surface area contributed by atoms with E-state index in [9.17, 15) is 4.79 Å². The lowest BCUT2D eigenvalue weighted by Gasteiger charge is -2.32. The van der Waals surface area contributed by atoms with Crippen LogP contribution in [0.1, 0.15) is 44.7 Å². The van der Waals surface area contributed by atoms with E-state index in [1.165, 1.54) is 11.1 Å². The molecule has 0 aromatic heterocycles. The number of aryl methyl sites for hydroxylation is 1. The van der Waals surface area contributed by atoms with Gasteiger partial charge in [-0.05, 0) is 43.0 Å². The molecular formula is C21H35N3O. The van der Waals surface area contributed by atoms with Crippen LogP contribution >= 0.6 is 0 Å². The van der Waals surface area contributed by atoms with Gasteiger partial charge in [-0.15, -0.1) is 0 Å². The highest BCUT2D eigenvalue weighted by Gasteiger charge is 2.14. The third-order valence-corrected chi connectivity index (χ3v) is 5.03. The number of nitrogens with zero attached hydrogens (tertiary/aromatic N) is 2.